The number of nitrogens with zero attached hydrogens (tertiary/aromatic N) is 1. The topological polar surface area (TPSA) is 46.1 Å². The number of carbonyl (C=O) groups is 1. The molecule has 0 fully saturated rings. The van der Waals surface area contributed by atoms with Crippen molar-refractivity contribution in [2.75, 3.05) is 13.1 Å². The number of amides is 1. The summed E-state index contributed by atoms with van der Waals surface area (Å²) >= 11 is 0. The van der Waals surface area contributed by atoms with Crippen molar-refractivity contribution in [3.8, 4) is 0 Å². The zero-order valence-corrected chi connectivity index (χ0v) is 9.21. The van der Waals surface area contributed by atoms with Gasteiger partial charge >= 0.3 is 0 Å². The molecule has 0 bridgehead atoms. The van der Waals surface area contributed by atoms with Crippen LogP contribution in [-0.4, -0.2) is 23.6 Å². The lowest BCUT2D eigenvalue weighted by Gasteiger charge is -2.24. The van der Waals surface area contributed by atoms with Gasteiger partial charge in [0, 0.05) is 31.4 Å². The molecule has 1 aromatic heterocycles. The van der Waals surface area contributed by atoms with Crippen LogP contribution in [0.5, 0.6) is 0 Å². The Hall–Kier alpha value is -1.29. The monoisotopic (exact) mass is 207 g/mol. The highest BCUT2D eigenvalue weighted by molar-refractivity contribution is 5.92. The van der Waals surface area contributed by atoms with Gasteiger partial charge in [-0.05, 0) is 26.0 Å². The van der Waals surface area contributed by atoms with E-state index in [0.29, 0.717) is 12.6 Å². The SMILES string of the molecule is CCNC(=O)c1ccc2n1CCN[C@H]2C. The lowest BCUT2D eigenvalue weighted by molar-refractivity contribution is 0.0945. The van der Waals surface area contributed by atoms with Crippen LogP contribution < -0.4 is 10.6 Å². The molecule has 2 heterocycles. The van der Waals surface area contributed by atoms with Crippen LogP contribution in [-0.2, 0) is 6.54 Å². The number of hydrogen-bond donors (Lipinski definition) is 2. The molecule has 4 nitrogen and oxygen atoms in total. The molecule has 1 aliphatic rings. The molecule has 82 valence electrons. The summed E-state index contributed by atoms with van der Waals surface area (Å²) in [5, 5.41) is 6.20. The summed E-state index contributed by atoms with van der Waals surface area (Å²) in [6.45, 7) is 6.52. The largest absolute Gasteiger partial charge is 0.351 e. The van der Waals surface area contributed by atoms with E-state index in [1.165, 1.54) is 5.69 Å². The molecule has 0 saturated carbocycles. The Morgan fingerprint density at radius 2 is 2.47 bits per heavy atom. The lowest BCUT2D eigenvalue weighted by Crippen LogP contribution is -2.34. The van der Waals surface area contributed by atoms with Gasteiger partial charge in [-0.3, -0.25) is 4.79 Å². The van der Waals surface area contributed by atoms with Gasteiger partial charge in [0.25, 0.3) is 5.91 Å². The Morgan fingerprint density at radius 1 is 1.67 bits per heavy atom. The van der Waals surface area contributed by atoms with Crippen molar-refractivity contribution in [2.45, 2.75) is 26.4 Å². The first-order chi connectivity index (χ1) is 7.24. The average molecular weight is 207 g/mol. The molecule has 1 aromatic rings. The molecule has 15 heavy (non-hydrogen) atoms. The third kappa shape index (κ3) is 1.77. The van der Waals surface area contributed by atoms with Crippen LogP contribution in [0, 0.1) is 0 Å². The van der Waals surface area contributed by atoms with E-state index in [-0.39, 0.29) is 5.91 Å². The molecule has 0 aliphatic carbocycles. The fraction of sp³-hybridized carbons (Fsp3) is 0.545. The third-order valence-electron chi connectivity index (χ3n) is 2.81. The van der Waals surface area contributed by atoms with Gasteiger partial charge in [0.2, 0.25) is 0 Å². The molecule has 0 spiro atoms. The minimum absolute atomic E-state index is 0.0258. The first kappa shape index (κ1) is 10.2. The van der Waals surface area contributed by atoms with Gasteiger partial charge in [-0.1, -0.05) is 0 Å². The molecule has 0 aromatic carbocycles. The van der Waals surface area contributed by atoms with Crippen molar-refractivity contribution in [2.24, 2.45) is 0 Å². The van der Waals surface area contributed by atoms with Crippen molar-refractivity contribution >= 4 is 5.91 Å². The van der Waals surface area contributed by atoms with Crippen LogP contribution in [0.25, 0.3) is 0 Å². The summed E-state index contributed by atoms with van der Waals surface area (Å²) in [4.78, 5) is 11.7. The highest BCUT2D eigenvalue weighted by atomic mass is 16.1. The molecule has 4 heteroatoms. The Morgan fingerprint density at radius 3 is 3.20 bits per heavy atom. The van der Waals surface area contributed by atoms with Crippen molar-refractivity contribution in [1.82, 2.24) is 15.2 Å². The smallest absolute Gasteiger partial charge is 0.267 e. The molecule has 2 N–H and O–H groups in total. The Kier molecular flexibility index (Phi) is 2.77. The molecule has 0 unspecified atom stereocenters. The average Bonchev–Trinajstić information content (AvgIpc) is 2.63. The molecule has 1 amide bonds. The summed E-state index contributed by atoms with van der Waals surface area (Å²) < 4.78 is 2.10. The van der Waals surface area contributed by atoms with Crippen LogP contribution in [0.1, 0.15) is 36.1 Å². The first-order valence-electron chi connectivity index (χ1n) is 5.45. The van der Waals surface area contributed by atoms with Crippen LogP contribution in [0.2, 0.25) is 0 Å². The Balaban J connectivity index is 2.30. The van der Waals surface area contributed by atoms with Crippen molar-refractivity contribution < 1.29 is 4.79 Å². The van der Waals surface area contributed by atoms with E-state index in [9.17, 15) is 4.79 Å². The molecular formula is C11H17N3O. The first-order valence-corrected chi connectivity index (χ1v) is 5.45. The zero-order chi connectivity index (χ0) is 10.8. The van der Waals surface area contributed by atoms with E-state index in [0.717, 1.165) is 18.8 Å². The molecule has 0 saturated heterocycles. The van der Waals surface area contributed by atoms with E-state index in [4.69, 9.17) is 0 Å². The predicted molar refractivity (Wildman–Crippen MR) is 58.9 cm³/mol. The maximum atomic E-state index is 11.7. The highest BCUT2D eigenvalue weighted by Gasteiger charge is 2.20. The lowest BCUT2D eigenvalue weighted by atomic mass is 10.2. The third-order valence-corrected chi connectivity index (χ3v) is 2.81. The second kappa shape index (κ2) is 4.06. The second-order valence-electron chi connectivity index (χ2n) is 3.83. The Labute approximate surface area is 89.7 Å². The minimum Gasteiger partial charge on any atom is -0.351 e. The highest BCUT2D eigenvalue weighted by Crippen LogP contribution is 2.20. The normalized spacial score (nSPS) is 19.7. The number of fused-ring (bicyclic) bond motifs is 1. The fourth-order valence-electron chi connectivity index (χ4n) is 2.06. The van der Waals surface area contributed by atoms with Gasteiger partial charge in [0.05, 0.1) is 0 Å². The van der Waals surface area contributed by atoms with E-state index in [1.54, 1.807) is 0 Å². The van der Waals surface area contributed by atoms with Crippen LogP contribution in [0.15, 0.2) is 12.1 Å². The molecule has 0 radical (unpaired) electrons. The van der Waals surface area contributed by atoms with E-state index in [2.05, 4.69) is 22.1 Å². The summed E-state index contributed by atoms with van der Waals surface area (Å²) in [6.07, 6.45) is 0. The number of aromatic nitrogens is 1. The van der Waals surface area contributed by atoms with Gasteiger partial charge in [-0.25, -0.2) is 0 Å². The zero-order valence-electron chi connectivity index (χ0n) is 9.21. The maximum absolute atomic E-state index is 11.7. The van der Waals surface area contributed by atoms with Crippen molar-refractivity contribution in [3.05, 3.63) is 23.5 Å². The van der Waals surface area contributed by atoms with E-state index < -0.39 is 0 Å². The molecule has 2 rings (SSSR count). The second-order valence-corrected chi connectivity index (χ2v) is 3.83. The summed E-state index contributed by atoms with van der Waals surface area (Å²) in [6, 6.07) is 4.27. The standard InChI is InChI=1S/C11H17N3O/c1-3-12-11(15)10-5-4-9-8(2)13-6-7-14(9)10/h4-5,8,13H,3,6-7H2,1-2H3,(H,12,15)/t8-/m0/s1. The minimum atomic E-state index is 0.0258. The molecule has 1 atom stereocenters. The maximum Gasteiger partial charge on any atom is 0.267 e. The Bertz CT molecular complexity index is 370. The number of nitrogens with one attached hydrogen (secondary N) is 2. The van der Waals surface area contributed by atoms with E-state index >= 15 is 0 Å². The molecule has 1 aliphatic heterocycles. The number of hydrogen-bond acceptors (Lipinski definition) is 2. The van der Waals surface area contributed by atoms with Crippen molar-refractivity contribution in [3.63, 3.8) is 0 Å². The van der Waals surface area contributed by atoms with E-state index in [1.807, 2.05) is 19.1 Å². The van der Waals surface area contributed by atoms with Crippen molar-refractivity contribution in [1.29, 1.82) is 0 Å². The van der Waals surface area contributed by atoms with Gasteiger partial charge in [-0.15, -0.1) is 0 Å². The number of carbonyl (C=O) groups excluding carboxylic acids is 1. The molecular weight excluding hydrogens is 190 g/mol. The van der Waals surface area contributed by atoms with Gasteiger partial charge < -0.3 is 15.2 Å². The fourth-order valence-corrected chi connectivity index (χ4v) is 2.06. The van der Waals surface area contributed by atoms with Gasteiger partial charge in [-0.2, -0.15) is 0 Å². The summed E-state index contributed by atoms with van der Waals surface area (Å²) in [5.41, 5.74) is 1.97. The summed E-state index contributed by atoms with van der Waals surface area (Å²) in [7, 11) is 0. The number of rotatable bonds is 2. The van der Waals surface area contributed by atoms with Gasteiger partial charge in [0.1, 0.15) is 5.69 Å². The quantitative estimate of drug-likeness (QED) is 0.757. The van der Waals surface area contributed by atoms with Crippen LogP contribution in [0.4, 0.5) is 0 Å². The predicted octanol–water partition coefficient (Wildman–Crippen LogP) is 0.902. The summed E-state index contributed by atoms with van der Waals surface area (Å²) in [5.74, 6) is 0.0258. The van der Waals surface area contributed by atoms with Crippen LogP contribution in [0.3, 0.4) is 0 Å². The van der Waals surface area contributed by atoms with Crippen LogP contribution >= 0.6 is 0 Å². The van der Waals surface area contributed by atoms with Gasteiger partial charge in [0.15, 0.2) is 0 Å².